The molecule has 0 bridgehead atoms. The third kappa shape index (κ3) is 8.40. The first-order valence-corrected chi connectivity index (χ1v) is 7.38. The Morgan fingerprint density at radius 3 is 2.29 bits per heavy atom. The summed E-state index contributed by atoms with van der Waals surface area (Å²) < 4.78 is 45.5. The Morgan fingerprint density at radius 2 is 1.75 bits per heavy atom. The molecule has 1 amide bonds. The van der Waals surface area contributed by atoms with Gasteiger partial charge < -0.3 is 14.8 Å². The van der Waals surface area contributed by atoms with E-state index in [2.05, 4.69) is 10.1 Å². The van der Waals surface area contributed by atoms with Crippen LogP contribution in [-0.2, 0) is 20.9 Å². The molecule has 1 aromatic rings. The van der Waals surface area contributed by atoms with Gasteiger partial charge in [-0.3, -0.25) is 0 Å². The minimum atomic E-state index is -4.62. The number of amides is 1. The van der Waals surface area contributed by atoms with Crippen molar-refractivity contribution in [2.75, 3.05) is 6.61 Å². The molecular formula is C16H20F3NO4. The van der Waals surface area contributed by atoms with E-state index in [0.29, 0.717) is 0 Å². The number of carbonyl (C=O) groups is 2. The summed E-state index contributed by atoms with van der Waals surface area (Å²) in [4.78, 5) is 23.5. The molecule has 0 fully saturated rings. The van der Waals surface area contributed by atoms with Crippen LogP contribution in [0, 0.1) is 5.92 Å². The predicted octanol–water partition coefficient (Wildman–Crippen LogP) is 3.43. The maximum Gasteiger partial charge on any atom is 0.422 e. The van der Waals surface area contributed by atoms with Crippen LogP contribution in [0.5, 0.6) is 0 Å². The first kappa shape index (κ1) is 19.8. The minimum absolute atomic E-state index is 0.0152. The Bertz CT molecular complexity index is 532. The van der Waals surface area contributed by atoms with Crippen LogP contribution in [0.2, 0.25) is 0 Å². The Balaban J connectivity index is 2.54. The summed E-state index contributed by atoms with van der Waals surface area (Å²) in [5.74, 6) is -1.18. The highest BCUT2D eigenvalue weighted by atomic mass is 19.4. The number of alkyl halides is 3. The first-order valence-electron chi connectivity index (χ1n) is 7.38. The largest absolute Gasteiger partial charge is 0.455 e. The fraction of sp³-hybridized carbons (Fsp3) is 0.500. The number of hydrogen-bond donors (Lipinski definition) is 1. The van der Waals surface area contributed by atoms with Crippen molar-refractivity contribution in [2.24, 2.45) is 5.92 Å². The van der Waals surface area contributed by atoms with Crippen molar-refractivity contribution in [3.05, 3.63) is 35.9 Å². The molecule has 0 spiro atoms. The number of esters is 1. The van der Waals surface area contributed by atoms with Crippen LogP contribution in [0.4, 0.5) is 18.0 Å². The molecule has 1 aromatic carbocycles. The second kappa shape index (κ2) is 9.14. The second-order valence-electron chi connectivity index (χ2n) is 5.61. The van der Waals surface area contributed by atoms with E-state index in [-0.39, 0.29) is 18.9 Å². The van der Waals surface area contributed by atoms with Crippen LogP contribution in [0.25, 0.3) is 0 Å². The molecule has 0 aliphatic carbocycles. The number of rotatable bonds is 7. The molecule has 1 rings (SSSR count). The molecule has 0 aliphatic heterocycles. The lowest BCUT2D eigenvalue weighted by Gasteiger charge is -2.19. The molecular weight excluding hydrogens is 327 g/mol. The zero-order valence-electron chi connectivity index (χ0n) is 13.4. The standard InChI is InChI=1S/C16H20F3NO4/c1-11(2)8-13(14(21)24-10-16(17,18)19)20-15(22)23-9-12-6-4-3-5-7-12/h3-7,11,13H,8-10H2,1-2H3,(H,20,22)/t13-/m0/s1. The van der Waals surface area contributed by atoms with Crippen molar-refractivity contribution < 1.29 is 32.2 Å². The molecule has 0 saturated heterocycles. The molecule has 134 valence electrons. The van der Waals surface area contributed by atoms with Crippen LogP contribution in [-0.4, -0.2) is 30.9 Å². The molecule has 1 N–H and O–H groups in total. The van der Waals surface area contributed by atoms with Crippen molar-refractivity contribution in [1.82, 2.24) is 5.32 Å². The molecule has 0 saturated carbocycles. The third-order valence-electron chi connectivity index (χ3n) is 2.87. The van der Waals surface area contributed by atoms with Gasteiger partial charge in [-0.2, -0.15) is 13.2 Å². The summed E-state index contributed by atoms with van der Waals surface area (Å²) in [6, 6.07) is 7.64. The molecule has 0 aromatic heterocycles. The molecule has 0 radical (unpaired) electrons. The molecule has 8 heteroatoms. The quantitative estimate of drug-likeness (QED) is 0.768. The lowest BCUT2D eigenvalue weighted by molar-refractivity contribution is -0.187. The van der Waals surface area contributed by atoms with E-state index in [9.17, 15) is 22.8 Å². The van der Waals surface area contributed by atoms with Crippen molar-refractivity contribution in [1.29, 1.82) is 0 Å². The average Bonchev–Trinajstić information content (AvgIpc) is 2.50. The third-order valence-corrected chi connectivity index (χ3v) is 2.87. The second-order valence-corrected chi connectivity index (χ2v) is 5.61. The minimum Gasteiger partial charge on any atom is -0.455 e. The van der Waals surface area contributed by atoms with Crippen LogP contribution >= 0.6 is 0 Å². The maximum absolute atomic E-state index is 12.1. The number of carbonyl (C=O) groups excluding carboxylic acids is 2. The summed E-state index contributed by atoms with van der Waals surface area (Å²) in [5, 5.41) is 2.25. The zero-order chi connectivity index (χ0) is 18.2. The van der Waals surface area contributed by atoms with Gasteiger partial charge in [0.2, 0.25) is 0 Å². The van der Waals surface area contributed by atoms with Crippen LogP contribution in [0.3, 0.4) is 0 Å². The normalized spacial score (nSPS) is 12.6. The van der Waals surface area contributed by atoms with Gasteiger partial charge in [-0.15, -0.1) is 0 Å². The van der Waals surface area contributed by atoms with E-state index in [1.807, 2.05) is 0 Å². The predicted molar refractivity (Wildman–Crippen MR) is 80.0 cm³/mol. The number of benzene rings is 1. The van der Waals surface area contributed by atoms with Crippen molar-refractivity contribution in [2.45, 2.75) is 39.1 Å². The number of nitrogens with one attached hydrogen (secondary N) is 1. The molecule has 0 heterocycles. The van der Waals surface area contributed by atoms with Gasteiger partial charge in [-0.1, -0.05) is 44.2 Å². The molecule has 1 atom stereocenters. The van der Waals surface area contributed by atoms with Gasteiger partial charge in [-0.05, 0) is 17.9 Å². The number of ether oxygens (including phenoxy) is 2. The van der Waals surface area contributed by atoms with Gasteiger partial charge in [0.15, 0.2) is 6.61 Å². The van der Waals surface area contributed by atoms with Gasteiger partial charge in [0.25, 0.3) is 0 Å². The van der Waals surface area contributed by atoms with Crippen LogP contribution < -0.4 is 5.32 Å². The summed E-state index contributed by atoms with van der Waals surface area (Å²) in [6.07, 6.45) is -5.38. The highest BCUT2D eigenvalue weighted by Gasteiger charge is 2.32. The monoisotopic (exact) mass is 347 g/mol. The van der Waals surface area contributed by atoms with E-state index in [1.54, 1.807) is 44.2 Å². The van der Waals surface area contributed by atoms with Gasteiger partial charge in [0.05, 0.1) is 0 Å². The molecule has 0 aliphatic rings. The highest BCUT2D eigenvalue weighted by molar-refractivity contribution is 5.81. The number of alkyl carbamates (subject to hydrolysis) is 1. The maximum atomic E-state index is 12.1. The van der Waals surface area contributed by atoms with E-state index in [0.717, 1.165) is 5.56 Å². The first-order chi connectivity index (χ1) is 11.2. The zero-order valence-corrected chi connectivity index (χ0v) is 13.4. The summed E-state index contributed by atoms with van der Waals surface area (Å²) in [5.41, 5.74) is 0.743. The Hall–Kier alpha value is -2.25. The van der Waals surface area contributed by atoms with Gasteiger partial charge in [0, 0.05) is 0 Å². The fourth-order valence-corrected chi connectivity index (χ4v) is 1.85. The van der Waals surface area contributed by atoms with Crippen LogP contribution in [0.15, 0.2) is 30.3 Å². The van der Waals surface area contributed by atoms with Gasteiger partial charge in [0.1, 0.15) is 12.6 Å². The molecule has 5 nitrogen and oxygen atoms in total. The Kier molecular flexibility index (Phi) is 7.54. The molecule has 24 heavy (non-hydrogen) atoms. The topological polar surface area (TPSA) is 64.6 Å². The lowest BCUT2D eigenvalue weighted by Crippen LogP contribution is -2.43. The van der Waals surface area contributed by atoms with E-state index >= 15 is 0 Å². The summed E-state index contributed by atoms with van der Waals surface area (Å²) in [7, 11) is 0. The summed E-state index contributed by atoms with van der Waals surface area (Å²) >= 11 is 0. The SMILES string of the molecule is CC(C)C[C@H](NC(=O)OCc1ccccc1)C(=O)OCC(F)(F)F. The fourth-order valence-electron chi connectivity index (χ4n) is 1.85. The van der Waals surface area contributed by atoms with Crippen molar-refractivity contribution >= 4 is 12.1 Å². The number of halogens is 3. The average molecular weight is 347 g/mol. The van der Waals surface area contributed by atoms with Crippen molar-refractivity contribution in [3.8, 4) is 0 Å². The highest BCUT2D eigenvalue weighted by Crippen LogP contribution is 2.16. The lowest BCUT2D eigenvalue weighted by atomic mass is 10.0. The van der Waals surface area contributed by atoms with Crippen molar-refractivity contribution in [3.63, 3.8) is 0 Å². The Morgan fingerprint density at radius 1 is 1.12 bits per heavy atom. The van der Waals surface area contributed by atoms with Gasteiger partial charge in [-0.25, -0.2) is 9.59 Å². The van der Waals surface area contributed by atoms with Crippen LogP contribution in [0.1, 0.15) is 25.8 Å². The van der Waals surface area contributed by atoms with Gasteiger partial charge >= 0.3 is 18.2 Å². The smallest absolute Gasteiger partial charge is 0.422 e. The van der Waals surface area contributed by atoms with E-state index in [1.165, 1.54) is 0 Å². The van der Waals surface area contributed by atoms with E-state index < -0.39 is 30.9 Å². The molecule has 0 unspecified atom stereocenters. The number of hydrogen-bond acceptors (Lipinski definition) is 4. The summed E-state index contributed by atoms with van der Waals surface area (Å²) in [6.45, 7) is 1.82. The van der Waals surface area contributed by atoms with E-state index in [4.69, 9.17) is 4.74 Å². The Labute approximate surface area is 138 Å².